The van der Waals surface area contributed by atoms with Crippen molar-refractivity contribution < 1.29 is 5.21 Å². The van der Waals surface area contributed by atoms with Gasteiger partial charge in [-0.15, -0.1) is 0 Å². The molecule has 0 spiro atoms. The van der Waals surface area contributed by atoms with Crippen LogP contribution in [0.4, 0.5) is 5.69 Å². The number of nitrogens with two attached hydrogens (primary N) is 1. The van der Waals surface area contributed by atoms with Crippen molar-refractivity contribution in [2.45, 2.75) is 44.6 Å². The van der Waals surface area contributed by atoms with Crippen LogP contribution >= 0.6 is 0 Å². The summed E-state index contributed by atoms with van der Waals surface area (Å²) in [7, 11) is 0. The van der Waals surface area contributed by atoms with Crippen molar-refractivity contribution in [1.82, 2.24) is 0 Å². The molecule has 0 amide bonds. The Morgan fingerprint density at radius 3 is 2.75 bits per heavy atom. The minimum atomic E-state index is 0.419. The Bertz CT molecular complexity index is 504. The lowest BCUT2D eigenvalue weighted by molar-refractivity contribution is 0.318. The molecule has 2 aliphatic carbocycles. The molecule has 4 heteroatoms. The van der Waals surface area contributed by atoms with Gasteiger partial charge in [-0.05, 0) is 62.1 Å². The van der Waals surface area contributed by atoms with Crippen LogP contribution in [0.3, 0.4) is 0 Å². The molecule has 0 heterocycles. The van der Waals surface area contributed by atoms with Gasteiger partial charge in [-0.25, -0.2) is 0 Å². The van der Waals surface area contributed by atoms with E-state index in [0.717, 1.165) is 49.4 Å². The van der Waals surface area contributed by atoms with E-state index in [1.807, 2.05) is 0 Å². The highest BCUT2D eigenvalue weighted by Gasteiger charge is 2.20. The SMILES string of the molecule is NC1CCC(CNc2ccc3c(c2)CC/C3=N\O)CC1. The molecule has 0 aliphatic heterocycles. The van der Waals surface area contributed by atoms with Gasteiger partial charge in [-0.1, -0.05) is 11.2 Å². The molecule has 0 aromatic heterocycles. The monoisotopic (exact) mass is 273 g/mol. The molecular formula is C16H23N3O. The maximum atomic E-state index is 8.94. The molecule has 0 unspecified atom stereocenters. The van der Waals surface area contributed by atoms with Crippen LogP contribution < -0.4 is 11.1 Å². The van der Waals surface area contributed by atoms with Crippen molar-refractivity contribution in [3.63, 3.8) is 0 Å². The molecule has 1 aromatic rings. The number of fused-ring (bicyclic) bond motifs is 1. The summed E-state index contributed by atoms with van der Waals surface area (Å²) in [6, 6.07) is 6.77. The van der Waals surface area contributed by atoms with Crippen LogP contribution in [-0.2, 0) is 6.42 Å². The topological polar surface area (TPSA) is 70.6 Å². The number of nitrogens with zero attached hydrogens (tertiary/aromatic N) is 1. The van der Waals surface area contributed by atoms with Crippen LogP contribution in [0.1, 0.15) is 43.2 Å². The number of hydrogen-bond acceptors (Lipinski definition) is 4. The van der Waals surface area contributed by atoms with Crippen molar-refractivity contribution >= 4 is 11.4 Å². The van der Waals surface area contributed by atoms with Crippen molar-refractivity contribution in [3.05, 3.63) is 29.3 Å². The van der Waals surface area contributed by atoms with Crippen molar-refractivity contribution in [2.75, 3.05) is 11.9 Å². The molecule has 0 radical (unpaired) electrons. The number of aryl methyl sites for hydroxylation is 1. The van der Waals surface area contributed by atoms with Crippen LogP contribution in [0.2, 0.25) is 0 Å². The average molecular weight is 273 g/mol. The molecule has 1 aromatic carbocycles. The van der Waals surface area contributed by atoms with E-state index in [9.17, 15) is 0 Å². The lowest BCUT2D eigenvalue weighted by atomic mass is 9.86. The van der Waals surface area contributed by atoms with Gasteiger partial charge in [0.2, 0.25) is 0 Å². The van der Waals surface area contributed by atoms with E-state index in [-0.39, 0.29) is 0 Å². The fraction of sp³-hybridized carbons (Fsp3) is 0.562. The molecule has 4 nitrogen and oxygen atoms in total. The van der Waals surface area contributed by atoms with Crippen LogP contribution in [0, 0.1) is 5.92 Å². The molecule has 20 heavy (non-hydrogen) atoms. The van der Waals surface area contributed by atoms with Crippen molar-refractivity contribution in [3.8, 4) is 0 Å². The normalized spacial score (nSPS) is 27.6. The first-order valence-corrected chi connectivity index (χ1v) is 7.60. The third-order valence-electron chi connectivity index (χ3n) is 4.65. The molecule has 3 rings (SSSR count). The zero-order valence-corrected chi connectivity index (χ0v) is 11.8. The first-order valence-electron chi connectivity index (χ1n) is 7.60. The lowest BCUT2D eigenvalue weighted by Crippen LogP contribution is -2.29. The Hall–Kier alpha value is -1.55. The van der Waals surface area contributed by atoms with E-state index in [1.54, 1.807) is 0 Å². The van der Waals surface area contributed by atoms with Crippen LogP contribution in [0.25, 0.3) is 0 Å². The van der Waals surface area contributed by atoms with Crippen molar-refractivity contribution in [1.29, 1.82) is 0 Å². The third kappa shape index (κ3) is 2.80. The van der Waals surface area contributed by atoms with E-state index in [1.165, 1.54) is 24.1 Å². The van der Waals surface area contributed by atoms with Crippen molar-refractivity contribution in [2.24, 2.45) is 16.8 Å². The summed E-state index contributed by atoms with van der Waals surface area (Å²) >= 11 is 0. The van der Waals surface area contributed by atoms with Gasteiger partial charge < -0.3 is 16.3 Å². The molecule has 1 saturated carbocycles. The van der Waals surface area contributed by atoms with E-state index in [2.05, 4.69) is 28.7 Å². The number of benzene rings is 1. The maximum Gasteiger partial charge on any atom is 0.0873 e. The summed E-state index contributed by atoms with van der Waals surface area (Å²) in [5, 5.41) is 15.9. The predicted molar refractivity (Wildman–Crippen MR) is 81.5 cm³/mol. The standard InChI is InChI=1S/C16H23N3O/c17-13-4-1-11(2-5-13)10-18-14-6-7-15-12(9-14)3-8-16(15)19-20/h6-7,9,11,13,18,20H,1-5,8,10,17H2/b19-16+. The summed E-state index contributed by atoms with van der Waals surface area (Å²) in [6.07, 6.45) is 6.61. The largest absolute Gasteiger partial charge is 0.411 e. The highest BCUT2D eigenvalue weighted by molar-refractivity contribution is 6.04. The lowest BCUT2D eigenvalue weighted by Gasteiger charge is -2.26. The van der Waals surface area contributed by atoms with Gasteiger partial charge in [0, 0.05) is 23.8 Å². The van der Waals surface area contributed by atoms with Gasteiger partial charge in [0.05, 0.1) is 5.71 Å². The number of hydrogen-bond donors (Lipinski definition) is 3. The van der Waals surface area contributed by atoms with E-state index < -0.39 is 0 Å². The minimum absolute atomic E-state index is 0.419. The second kappa shape index (κ2) is 5.83. The molecule has 4 N–H and O–H groups in total. The minimum Gasteiger partial charge on any atom is -0.411 e. The summed E-state index contributed by atoms with van der Waals surface area (Å²) in [4.78, 5) is 0. The predicted octanol–water partition coefficient (Wildman–Crippen LogP) is 2.74. The van der Waals surface area contributed by atoms with Gasteiger partial charge in [0.25, 0.3) is 0 Å². The number of rotatable bonds is 3. The Morgan fingerprint density at radius 1 is 1.20 bits per heavy atom. The average Bonchev–Trinajstić information content (AvgIpc) is 2.89. The summed E-state index contributed by atoms with van der Waals surface area (Å²) < 4.78 is 0. The van der Waals surface area contributed by atoms with Gasteiger partial charge in [-0.2, -0.15) is 0 Å². The van der Waals surface area contributed by atoms with E-state index >= 15 is 0 Å². The molecule has 0 bridgehead atoms. The van der Waals surface area contributed by atoms with Gasteiger partial charge in [-0.3, -0.25) is 0 Å². The number of oxime groups is 1. The molecule has 1 fully saturated rings. The molecule has 2 aliphatic rings. The van der Waals surface area contributed by atoms with Gasteiger partial charge in [0.15, 0.2) is 0 Å². The van der Waals surface area contributed by atoms with Crippen LogP contribution in [-0.4, -0.2) is 23.5 Å². The third-order valence-corrected chi connectivity index (χ3v) is 4.65. The highest BCUT2D eigenvalue weighted by Crippen LogP contribution is 2.27. The molecule has 108 valence electrons. The van der Waals surface area contributed by atoms with Gasteiger partial charge >= 0.3 is 0 Å². The second-order valence-corrected chi connectivity index (χ2v) is 6.08. The highest BCUT2D eigenvalue weighted by atomic mass is 16.4. The van der Waals surface area contributed by atoms with Crippen LogP contribution in [0.5, 0.6) is 0 Å². The summed E-state index contributed by atoms with van der Waals surface area (Å²) in [5.41, 5.74) is 10.3. The number of nitrogens with one attached hydrogen (secondary N) is 1. The number of anilines is 1. The zero-order valence-electron chi connectivity index (χ0n) is 11.8. The van der Waals surface area contributed by atoms with E-state index in [4.69, 9.17) is 10.9 Å². The molecular weight excluding hydrogens is 250 g/mol. The maximum absolute atomic E-state index is 8.94. The summed E-state index contributed by atoms with van der Waals surface area (Å²) in [5.74, 6) is 0.748. The fourth-order valence-corrected chi connectivity index (χ4v) is 3.34. The summed E-state index contributed by atoms with van der Waals surface area (Å²) in [6.45, 7) is 1.03. The molecule has 0 saturated heterocycles. The Balaban J connectivity index is 1.59. The first kappa shape index (κ1) is 13.4. The Morgan fingerprint density at radius 2 is 2.00 bits per heavy atom. The Labute approximate surface area is 120 Å². The van der Waals surface area contributed by atoms with Crippen LogP contribution in [0.15, 0.2) is 23.4 Å². The quantitative estimate of drug-likeness (QED) is 0.586. The van der Waals surface area contributed by atoms with E-state index in [0.29, 0.717) is 6.04 Å². The zero-order chi connectivity index (χ0) is 13.9. The van der Waals surface area contributed by atoms with Gasteiger partial charge in [0.1, 0.15) is 0 Å². The smallest absolute Gasteiger partial charge is 0.0873 e. The first-order chi connectivity index (χ1) is 9.76. The second-order valence-electron chi connectivity index (χ2n) is 6.08. The molecule has 0 atom stereocenters. The Kier molecular flexibility index (Phi) is 3.92. The fourth-order valence-electron chi connectivity index (χ4n) is 3.34.